The minimum atomic E-state index is -0.0461. The average molecular weight is 355 g/mol. The van der Waals surface area contributed by atoms with Crippen molar-refractivity contribution >= 4 is 28.5 Å². The van der Waals surface area contributed by atoms with Crippen molar-refractivity contribution in [2.24, 2.45) is 16.1 Å². The van der Waals surface area contributed by atoms with Crippen LogP contribution in [-0.2, 0) is 4.79 Å². The molecule has 1 aromatic carbocycles. The summed E-state index contributed by atoms with van der Waals surface area (Å²) in [4.78, 5) is 14.7. The SMILES string of the molecule is N#CCCN1CCCC(C(=O)NC2=NN=C(c3ccccc3)CS2)C1. The Balaban J connectivity index is 1.56. The van der Waals surface area contributed by atoms with Gasteiger partial charge in [0.05, 0.1) is 17.7 Å². The van der Waals surface area contributed by atoms with Crippen LogP contribution < -0.4 is 5.32 Å². The highest BCUT2D eigenvalue weighted by Gasteiger charge is 2.27. The van der Waals surface area contributed by atoms with Gasteiger partial charge < -0.3 is 10.2 Å². The molecule has 0 aromatic heterocycles. The fourth-order valence-corrected chi connectivity index (χ4v) is 3.79. The molecule has 2 aliphatic heterocycles. The smallest absolute Gasteiger partial charge is 0.230 e. The first-order chi connectivity index (χ1) is 12.3. The molecule has 2 heterocycles. The molecular formula is C18H21N5OS. The number of likely N-dealkylation sites (tertiary alicyclic amines) is 1. The molecule has 0 bridgehead atoms. The Hall–Kier alpha value is -2.17. The first kappa shape index (κ1) is 17.6. The lowest BCUT2D eigenvalue weighted by Crippen LogP contribution is -2.44. The van der Waals surface area contributed by atoms with Crippen molar-refractivity contribution in [1.29, 1.82) is 5.26 Å². The van der Waals surface area contributed by atoms with Gasteiger partial charge in [0, 0.05) is 25.3 Å². The molecule has 7 heteroatoms. The summed E-state index contributed by atoms with van der Waals surface area (Å²) in [5, 5.41) is 20.6. The second-order valence-electron chi connectivity index (χ2n) is 6.14. The number of nitrogens with zero attached hydrogens (tertiary/aromatic N) is 4. The zero-order valence-electron chi connectivity index (χ0n) is 14.0. The standard InChI is InChI=1S/C18H21N5OS/c19-9-5-11-23-10-4-8-15(12-23)17(24)20-18-22-21-16(13-25-18)14-6-2-1-3-7-14/h1-3,6-7,15H,4-5,8,10-13H2,(H,20,22,24). The maximum Gasteiger partial charge on any atom is 0.230 e. The summed E-state index contributed by atoms with van der Waals surface area (Å²) in [6, 6.07) is 12.1. The van der Waals surface area contributed by atoms with Gasteiger partial charge in [-0.15, -0.1) is 5.10 Å². The highest BCUT2D eigenvalue weighted by molar-refractivity contribution is 8.14. The van der Waals surface area contributed by atoms with Crippen LogP contribution in [0, 0.1) is 17.2 Å². The van der Waals surface area contributed by atoms with Crippen LogP contribution in [0.1, 0.15) is 24.8 Å². The van der Waals surface area contributed by atoms with Crippen molar-refractivity contribution < 1.29 is 4.79 Å². The third kappa shape index (κ3) is 4.91. The first-order valence-electron chi connectivity index (χ1n) is 8.49. The van der Waals surface area contributed by atoms with E-state index in [4.69, 9.17) is 5.26 Å². The molecular weight excluding hydrogens is 334 g/mol. The van der Waals surface area contributed by atoms with E-state index in [2.05, 4.69) is 26.5 Å². The number of amidine groups is 1. The lowest BCUT2D eigenvalue weighted by molar-refractivity contribution is -0.125. The van der Waals surface area contributed by atoms with Gasteiger partial charge in [-0.1, -0.05) is 42.1 Å². The van der Waals surface area contributed by atoms with E-state index < -0.39 is 0 Å². The lowest BCUT2D eigenvalue weighted by Gasteiger charge is -2.31. The Morgan fingerprint density at radius 3 is 2.92 bits per heavy atom. The fraction of sp³-hybridized carbons (Fsp3) is 0.444. The van der Waals surface area contributed by atoms with Crippen molar-refractivity contribution in [3.05, 3.63) is 35.9 Å². The van der Waals surface area contributed by atoms with Crippen LogP contribution in [0.15, 0.2) is 40.5 Å². The van der Waals surface area contributed by atoms with Crippen LogP contribution in [0.3, 0.4) is 0 Å². The number of nitriles is 1. The molecule has 6 nitrogen and oxygen atoms in total. The number of thioether (sulfide) groups is 1. The van der Waals surface area contributed by atoms with Gasteiger partial charge in [0.25, 0.3) is 0 Å². The maximum atomic E-state index is 12.5. The molecule has 1 amide bonds. The highest BCUT2D eigenvalue weighted by atomic mass is 32.2. The van der Waals surface area contributed by atoms with E-state index in [1.165, 1.54) is 11.8 Å². The average Bonchev–Trinajstić information content (AvgIpc) is 2.68. The Kier molecular flexibility index (Phi) is 6.20. The van der Waals surface area contributed by atoms with Crippen LogP contribution in [0.25, 0.3) is 0 Å². The quantitative estimate of drug-likeness (QED) is 0.898. The number of amides is 1. The third-order valence-electron chi connectivity index (χ3n) is 4.36. The molecule has 1 aromatic rings. The Morgan fingerprint density at radius 2 is 2.20 bits per heavy atom. The predicted molar refractivity (Wildman–Crippen MR) is 100 cm³/mol. The van der Waals surface area contributed by atoms with E-state index in [0.29, 0.717) is 23.9 Å². The Bertz CT molecular complexity index is 710. The fourth-order valence-electron chi connectivity index (χ4n) is 3.02. The molecule has 0 saturated carbocycles. The number of benzene rings is 1. The van der Waals surface area contributed by atoms with Crippen LogP contribution in [0.2, 0.25) is 0 Å². The molecule has 3 rings (SSSR count). The number of hydrogen-bond donors (Lipinski definition) is 1. The Labute approximate surface area is 152 Å². The summed E-state index contributed by atoms with van der Waals surface area (Å²) in [6.07, 6.45) is 2.37. The van der Waals surface area contributed by atoms with Gasteiger partial charge in [-0.2, -0.15) is 10.4 Å². The van der Waals surface area contributed by atoms with Gasteiger partial charge in [0.15, 0.2) is 5.17 Å². The van der Waals surface area contributed by atoms with E-state index in [-0.39, 0.29) is 11.8 Å². The van der Waals surface area contributed by atoms with Gasteiger partial charge in [0.1, 0.15) is 0 Å². The van der Waals surface area contributed by atoms with Gasteiger partial charge in [-0.05, 0) is 24.9 Å². The largest absolute Gasteiger partial charge is 0.303 e. The minimum Gasteiger partial charge on any atom is -0.303 e. The monoisotopic (exact) mass is 355 g/mol. The first-order valence-corrected chi connectivity index (χ1v) is 9.47. The van der Waals surface area contributed by atoms with Gasteiger partial charge in [-0.25, -0.2) is 0 Å². The molecule has 0 aliphatic carbocycles. The van der Waals surface area contributed by atoms with Crippen LogP contribution in [0.4, 0.5) is 0 Å². The number of rotatable bonds is 4. The third-order valence-corrected chi connectivity index (χ3v) is 5.24. The van der Waals surface area contributed by atoms with E-state index in [0.717, 1.165) is 37.2 Å². The summed E-state index contributed by atoms with van der Waals surface area (Å²) in [5.41, 5.74) is 1.98. The molecule has 0 spiro atoms. The number of carbonyl (C=O) groups excluding carboxylic acids is 1. The molecule has 1 fully saturated rings. The second-order valence-corrected chi connectivity index (χ2v) is 7.11. The van der Waals surface area contributed by atoms with E-state index in [9.17, 15) is 4.79 Å². The van der Waals surface area contributed by atoms with Gasteiger partial charge in [-0.3, -0.25) is 4.79 Å². The minimum absolute atomic E-state index is 0.00580. The molecule has 2 aliphatic rings. The van der Waals surface area contributed by atoms with E-state index in [1.54, 1.807) is 0 Å². The van der Waals surface area contributed by atoms with E-state index >= 15 is 0 Å². The van der Waals surface area contributed by atoms with Gasteiger partial charge >= 0.3 is 0 Å². The van der Waals surface area contributed by atoms with Crippen LogP contribution >= 0.6 is 11.8 Å². The molecule has 1 saturated heterocycles. The lowest BCUT2D eigenvalue weighted by atomic mass is 9.97. The zero-order valence-corrected chi connectivity index (χ0v) is 14.8. The summed E-state index contributed by atoms with van der Waals surface area (Å²) in [7, 11) is 0. The summed E-state index contributed by atoms with van der Waals surface area (Å²) in [5.74, 6) is 0.656. The molecule has 25 heavy (non-hydrogen) atoms. The summed E-state index contributed by atoms with van der Waals surface area (Å²) >= 11 is 1.50. The van der Waals surface area contributed by atoms with E-state index in [1.807, 2.05) is 30.3 Å². The van der Waals surface area contributed by atoms with Crippen molar-refractivity contribution in [3.63, 3.8) is 0 Å². The summed E-state index contributed by atoms with van der Waals surface area (Å²) in [6.45, 7) is 2.41. The van der Waals surface area contributed by atoms with Crippen molar-refractivity contribution in [3.8, 4) is 6.07 Å². The molecule has 1 atom stereocenters. The number of piperidine rings is 1. The topological polar surface area (TPSA) is 80.9 Å². The normalized spacial score (nSPS) is 21.0. The number of carbonyl (C=O) groups is 1. The highest BCUT2D eigenvalue weighted by Crippen LogP contribution is 2.19. The molecule has 0 radical (unpaired) electrons. The maximum absolute atomic E-state index is 12.5. The van der Waals surface area contributed by atoms with Crippen molar-refractivity contribution in [2.75, 3.05) is 25.4 Å². The molecule has 130 valence electrons. The summed E-state index contributed by atoms with van der Waals surface area (Å²) < 4.78 is 0. The molecule has 1 N–H and O–H groups in total. The molecule has 1 unspecified atom stereocenters. The van der Waals surface area contributed by atoms with Gasteiger partial charge in [0.2, 0.25) is 5.91 Å². The number of hydrogen-bond acceptors (Lipinski definition) is 6. The zero-order chi connectivity index (χ0) is 17.5. The van der Waals surface area contributed by atoms with Crippen molar-refractivity contribution in [1.82, 2.24) is 10.2 Å². The second kappa shape index (κ2) is 8.79. The number of nitrogens with one attached hydrogen (secondary N) is 1. The van der Waals surface area contributed by atoms with Crippen LogP contribution in [0.5, 0.6) is 0 Å². The van der Waals surface area contributed by atoms with Crippen LogP contribution in [-0.4, -0.2) is 47.1 Å². The Morgan fingerprint density at radius 1 is 1.36 bits per heavy atom. The van der Waals surface area contributed by atoms with Crippen molar-refractivity contribution in [2.45, 2.75) is 19.3 Å². The predicted octanol–water partition coefficient (Wildman–Crippen LogP) is 2.24.